The number of hydrogen-bond donors (Lipinski definition) is 4. The Hall–Kier alpha value is -3.94. The van der Waals surface area contributed by atoms with Crippen molar-refractivity contribution < 1.29 is 37.1 Å². The first-order valence-electron chi connectivity index (χ1n) is 18.2. The Morgan fingerprint density at radius 2 is 1.73 bits per heavy atom. The molecule has 1 aromatic carbocycles. The van der Waals surface area contributed by atoms with Crippen molar-refractivity contribution in [3.63, 3.8) is 0 Å². The minimum atomic E-state index is -3.88. The van der Waals surface area contributed by atoms with Crippen molar-refractivity contribution in [2.24, 2.45) is 5.41 Å². The molecule has 2 fully saturated rings. The number of amides is 5. The van der Waals surface area contributed by atoms with Gasteiger partial charge >= 0.3 is 6.09 Å². The number of allylic oxidation sites excluding steroid dienone is 1. The number of benzene rings is 1. The number of nitrogens with one attached hydrogen (secondary N) is 4. The fraction of sp³-hybridized carbons (Fsp3) is 0.649. The van der Waals surface area contributed by atoms with E-state index in [1.807, 2.05) is 31.2 Å². The molecule has 13 nitrogen and oxygen atoms in total. The van der Waals surface area contributed by atoms with Gasteiger partial charge in [0.1, 0.15) is 17.6 Å². The predicted molar refractivity (Wildman–Crippen MR) is 194 cm³/mol. The number of carbonyl (C=O) groups is 5. The molecule has 282 valence electrons. The summed E-state index contributed by atoms with van der Waals surface area (Å²) in [5.74, 6) is -2.30. The minimum Gasteiger partial charge on any atom is -0.450 e. The summed E-state index contributed by atoms with van der Waals surface area (Å²) < 4.78 is 32.9. The van der Waals surface area contributed by atoms with Crippen molar-refractivity contribution in [2.75, 3.05) is 13.2 Å². The number of sulfonamides is 1. The fourth-order valence-electron chi connectivity index (χ4n) is 6.59. The summed E-state index contributed by atoms with van der Waals surface area (Å²) in [6.07, 6.45) is 8.93. The Morgan fingerprint density at radius 1 is 1.00 bits per heavy atom. The van der Waals surface area contributed by atoms with E-state index in [0.29, 0.717) is 32.1 Å². The Labute approximate surface area is 302 Å². The molecule has 4 rings (SSSR count). The van der Waals surface area contributed by atoms with E-state index in [-0.39, 0.29) is 38.3 Å². The zero-order valence-electron chi connectivity index (χ0n) is 30.6. The number of ether oxygens (including phenoxy) is 1. The maximum atomic E-state index is 14.3. The van der Waals surface area contributed by atoms with Crippen molar-refractivity contribution in [3.05, 3.63) is 41.5 Å². The molecule has 4 N–H and O–H groups in total. The predicted octanol–water partition coefficient (Wildman–Crippen LogP) is 3.72. The van der Waals surface area contributed by atoms with Gasteiger partial charge in [-0.1, -0.05) is 70.5 Å². The van der Waals surface area contributed by atoms with E-state index in [0.717, 1.165) is 30.4 Å². The molecular weight excluding hydrogens is 675 g/mol. The number of fused-ring (bicyclic) bond motifs is 3. The van der Waals surface area contributed by atoms with Crippen LogP contribution in [0.4, 0.5) is 4.79 Å². The summed E-state index contributed by atoms with van der Waals surface area (Å²) in [7, 11) is -3.88. The first kappa shape index (κ1) is 39.8. The summed E-state index contributed by atoms with van der Waals surface area (Å²) in [5, 5.41) is 7.84. The molecule has 14 heteroatoms. The Balaban J connectivity index is 1.61. The smallest absolute Gasteiger partial charge is 0.407 e. The van der Waals surface area contributed by atoms with Crippen molar-refractivity contribution in [3.8, 4) is 0 Å². The third-order valence-electron chi connectivity index (χ3n) is 9.70. The quantitative estimate of drug-likeness (QED) is 0.328. The topological polar surface area (TPSA) is 180 Å². The van der Waals surface area contributed by atoms with Gasteiger partial charge in [0.15, 0.2) is 0 Å². The van der Waals surface area contributed by atoms with Gasteiger partial charge in [-0.2, -0.15) is 0 Å². The average molecular weight is 730 g/mol. The molecule has 0 aromatic heterocycles. The second kappa shape index (κ2) is 17.1. The maximum Gasteiger partial charge on any atom is 0.407 e. The molecule has 5 amide bonds. The van der Waals surface area contributed by atoms with E-state index >= 15 is 0 Å². The van der Waals surface area contributed by atoms with Crippen LogP contribution in [0.3, 0.4) is 0 Å². The van der Waals surface area contributed by atoms with Crippen LogP contribution in [-0.2, 0) is 40.4 Å². The van der Waals surface area contributed by atoms with E-state index in [9.17, 15) is 32.4 Å². The van der Waals surface area contributed by atoms with Crippen molar-refractivity contribution in [1.82, 2.24) is 25.6 Å². The van der Waals surface area contributed by atoms with Crippen LogP contribution < -0.4 is 20.7 Å². The molecule has 1 aromatic rings. The Bertz CT molecular complexity index is 1580. The number of alkyl carbamates (subject to hydrolysis) is 1. The lowest BCUT2D eigenvalue weighted by molar-refractivity contribution is -0.143. The van der Waals surface area contributed by atoms with Crippen LogP contribution in [0.1, 0.15) is 110 Å². The third-order valence-corrected chi connectivity index (χ3v) is 11.5. The van der Waals surface area contributed by atoms with E-state index in [1.165, 1.54) is 11.8 Å². The number of rotatable bonds is 7. The fourth-order valence-corrected chi connectivity index (χ4v) is 7.99. The highest BCUT2D eigenvalue weighted by molar-refractivity contribution is 7.91. The number of cyclic esters (lactones) is 1. The molecule has 2 heterocycles. The first-order valence-corrected chi connectivity index (χ1v) is 19.7. The minimum absolute atomic E-state index is 0.0158. The second-order valence-electron chi connectivity index (χ2n) is 15.3. The van der Waals surface area contributed by atoms with Gasteiger partial charge in [0.25, 0.3) is 5.91 Å². The van der Waals surface area contributed by atoms with Crippen LogP contribution in [-0.4, -0.2) is 85.1 Å². The molecule has 2 bridgehead atoms. The number of aryl methyl sites for hydroxylation is 1. The van der Waals surface area contributed by atoms with Gasteiger partial charge in [0.2, 0.25) is 27.7 Å². The summed E-state index contributed by atoms with van der Waals surface area (Å²) in [6, 6.07) is 5.08. The highest BCUT2D eigenvalue weighted by atomic mass is 32.2. The lowest BCUT2D eigenvalue weighted by Gasteiger charge is -2.36. The molecule has 0 unspecified atom stereocenters. The molecular formula is C37H55N5O8S. The summed E-state index contributed by atoms with van der Waals surface area (Å²) >= 11 is 0. The molecule has 3 aliphatic rings. The first-order chi connectivity index (χ1) is 24.0. The van der Waals surface area contributed by atoms with E-state index in [2.05, 4.69) is 32.8 Å². The van der Waals surface area contributed by atoms with Crippen LogP contribution in [0.15, 0.2) is 30.3 Å². The highest BCUT2D eigenvalue weighted by Crippen LogP contribution is 2.29. The molecule has 51 heavy (non-hydrogen) atoms. The van der Waals surface area contributed by atoms with Gasteiger partial charge in [-0.25, -0.2) is 13.2 Å². The van der Waals surface area contributed by atoms with E-state index < -0.39 is 68.2 Å². The van der Waals surface area contributed by atoms with Crippen LogP contribution in [0.2, 0.25) is 0 Å². The molecule has 2 aliphatic heterocycles. The van der Waals surface area contributed by atoms with Crippen LogP contribution >= 0.6 is 0 Å². The lowest BCUT2D eigenvalue weighted by Crippen LogP contribution is -2.62. The second-order valence-corrected chi connectivity index (χ2v) is 17.2. The molecule has 0 spiro atoms. The zero-order chi connectivity index (χ0) is 37.4. The lowest BCUT2D eigenvalue weighted by atomic mass is 9.85. The number of carbonyl (C=O) groups excluding carboxylic acids is 5. The van der Waals surface area contributed by atoms with Gasteiger partial charge in [0.05, 0.1) is 11.9 Å². The van der Waals surface area contributed by atoms with Gasteiger partial charge in [-0.15, -0.1) is 0 Å². The summed E-state index contributed by atoms with van der Waals surface area (Å²) in [5.41, 5.74) is -0.331. The van der Waals surface area contributed by atoms with Crippen LogP contribution in [0.5, 0.6) is 0 Å². The Kier molecular flexibility index (Phi) is 13.3. The molecule has 1 saturated carbocycles. The molecule has 4 atom stereocenters. The van der Waals surface area contributed by atoms with Crippen LogP contribution in [0, 0.1) is 5.41 Å². The van der Waals surface area contributed by atoms with E-state index in [4.69, 9.17) is 4.74 Å². The summed E-state index contributed by atoms with van der Waals surface area (Å²) in [4.78, 5) is 69.4. The van der Waals surface area contributed by atoms with E-state index in [1.54, 1.807) is 20.8 Å². The van der Waals surface area contributed by atoms with Gasteiger partial charge < -0.3 is 25.6 Å². The SMILES string of the molecule is CCC[C@@](C)(NC(=O)[C@@H]1C[C@@H]2CN1C(=O)[C@H](C(C)(C)C)NC(=O)OCCCCC/C=C/c1ccccc1CCC(=O)N2)C(=O)NS(=O)(=O)C1CC1. The van der Waals surface area contributed by atoms with Gasteiger partial charge in [0, 0.05) is 19.0 Å². The number of hydrogen-bond acceptors (Lipinski definition) is 8. The largest absolute Gasteiger partial charge is 0.450 e. The number of nitrogens with zero attached hydrogens (tertiary/aromatic N) is 1. The Morgan fingerprint density at radius 3 is 2.41 bits per heavy atom. The van der Waals surface area contributed by atoms with Crippen LogP contribution in [0.25, 0.3) is 6.08 Å². The van der Waals surface area contributed by atoms with Crippen molar-refractivity contribution >= 4 is 45.8 Å². The summed E-state index contributed by atoms with van der Waals surface area (Å²) in [6.45, 7) is 8.80. The maximum absolute atomic E-state index is 14.3. The zero-order valence-corrected chi connectivity index (χ0v) is 31.4. The van der Waals surface area contributed by atoms with Gasteiger partial charge in [-0.3, -0.25) is 23.9 Å². The third kappa shape index (κ3) is 11.0. The normalized spacial score (nSPS) is 24.8. The molecule has 1 aliphatic carbocycles. The standard InChI is InChI=1S/C37H55N5O8S/c1-6-21-37(5,34(46)41-51(48,49)28-18-19-28)40-32(44)29-23-27-24-42(29)33(45)31(36(2,3)4)39-35(47)50-22-13-9-7-8-10-14-25-15-11-12-16-26(25)17-20-30(43)38-27/h10-12,14-16,27-29,31H,6-9,13,17-24H2,1-5H3,(H,38,43)(H,39,47)(H,40,44)(H,41,46)/b14-10+/t27-,29+,31-,37-/m1/s1. The van der Waals surface area contributed by atoms with Gasteiger partial charge in [-0.05, 0) is 81.3 Å². The molecule has 0 radical (unpaired) electrons. The monoisotopic (exact) mass is 729 g/mol. The van der Waals surface area contributed by atoms with Crippen molar-refractivity contribution in [1.29, 1.82) is 0 Å². The molecule has 1 saturated heterocycles. The van der Waals surface area contributed by atoms with Crippen molar-refractivity contribution in [2.45, 2.75) is 134 Å². The highest BCUT2D eigenvalue weighted by Gasteiger charge is 2.48. The average Bonchev–Trinajstić information content (AvgIpc) is 3.84.